The van der Waals surface area contributed by atoms with Gasteiger partial charge in [-0.15, -0.1) is 21.5 Å². The minimum atomic E-state index is -0.980. The molecule has 15 heavy (non-hydrogen) atoms. The van der Waals surface area contributed by atoms with Crippen molar-refractivity contribution in [3.63, 3.8) is 0 Å². The molecule has 1 radical (unpaired) electrons. The minimum absolute atomic E-state index is 0. The molecule has 0 saturated heterocycles. The van der Waals surface area contributed by atoms with Crippen molar-refractivity contribution in [1.29, 1.82) is 0 Å². The topological polar surface area (TPSA) is 76.2 Å². The second-order valence-corrected chi connectivity index (χ2v) is 3.50. The number of hydrogen-bond donors (Lipinski definition) is 1. The normalized spacial score (nSPS) is 9.60. The Hall–Kier alpha value is -0.0536. The predicted molar refractivity (Wildman–Crippen MR) is 54.7 cm³/mol. The molecule has 0 atom stereocenters. The van der Waals surface area contributed by atoms with Crippen LogP contribution in [-0.2, 0) is 11.2 Å². The molecule has 0 unspecified atom stereocenters. The molecular formula is C8H6KN2O3S. The molecular weight excluding hydrogens is 243 g/mol. The molecule has 0 spiro atoms. The molecule has 0 bridgehead atoms. The molecule has 2 heterocycles. The van der Waals surface area contributed by atoms with Crippen LogP contribution in [0, 0.1) is 0 Å². The maximum atomic E-state index is 10.3. The number of thiophene rings is 1. The van der Waals surface area contributed by atoms with Crippen LogP contribution in [0.4, 0.5) is 0 Å². The second kappa shape index (κ2) is 5.88. The fourth-order valence-corrected chi connectivity index (χ4v) is 1.60. The standard InChI is InChI=1S/C8H6N2O3S.K/c11-7(12)4-6-9-10-8(13-6)5-2-1-3-14-5;/h1-3H,4H2,(H,11,12);. The van der Waals surface area contributed by atoms with Gasteiger partial charge in [0.1, 0.15) is 6.42 Å². The van der Waals surface area contributed by atoms with Crippen LogP contribution in [0.5, 0.6) is 0 Å². The Balaban J connectivity index is 0.00000112. The summed E-state index contributed by atoms with van der Waals surface area (Å²) < 4.78 is 5.15. The molecule has 73 valence electrons. The van der Waals surface area contributed by atoms with E-state index in [1.165, 1.54) is 11.3 Å². The Morgan fingerprint density at radius 1 is 1.53 bits per heavy atom. The number of rotatable bonds is 3. The van der Waals surface area contributed by atoms with Crippen LogP contribution in [-0.4, -0.2) is 72.7 Å². The largest absolute Gasteiger partial charge is 0.481 e. The fraction of sp³-hybridized carbons (Fsp3) is 0.125. The molecule has 1 N–H and O–H groups in total. The van der Waals surface area contributed by atoms with Gasteiger partial charge in [0.25, 0.3) is 5.89 Å². The first-order chi connectivity index (χ1) is 6.75. The number of carbonyl (C=O) groups is 1. The smallest absolute Gasteiger partial charge is 0.312 e. The maximum Gasteiger partial charge on any atom is 0.312 e. The van der Waals surface area contributed by atoms with E-state index in [4.69, 9.17) is 9.52 Å². The Bertz CT molecular complexity index is 440. The first-order valence-electron chi connectivity index (χ1n) is 3.84. The third-order valence-corrected chi connectivity index (χ3v) is 2.36. The monoisotopic (exact) mass is 249 g/mol. The fourth-order valence-electron chi connectivity index (χ4n) is 0.954. The molecule has 7 heteroatoms. The summed E-state index contributed by atoms with van der Waals surface area (Å²) in [6.07, 6.45) is -0.238. The first kappa shape index (κ1) is 13.0. The van der Waals surface area contributed by atoms with Crippen molar-refractivity contribution in [2.75, 3.05) is 0 Å². The Kier molecular flexibility index (Phi) is 5.10. The average molecular weight is 249 g/mol. The quantitative estimate of drug-likeness (QED) is 0.823. The predicted octanol–water partition coefficient (Wildman–Crippen LogP) is 1.04. The molecule has 2 rings (SSSR count). The van der Waals surface area contributed by atoms with Gasteiger partial charge in [-0.1, -0.05) is 6.07 Å². The number of carboxylic acids is 1. The minimum Gasteiger partial charge on any atom is -0.481 e. The van der Waals surface area contributed by atoms with Gasteiger partial charge in [0.05, 0.1) is 4.88 Å². The van der Waals surface area contributed by atoms with Crippen LogP contribution in [0.1, 0.15) is 5.89 Å². The zero-order chi connectivity index (χ0) is 9.97. The van der Waals surface area contributed by atoms with E-state index in [0.29, 0.717) is 5.89 Å². The van der Waals surface area contributed by atoms with Crippen molar-refractivity contribution in [3.05, 3.63) is 23.4 Å². The maximum absolute atomic E-state index is 10.3. The molecule has 0 amide bonds. The molecule has 2 aromatic rings. The summed E-state index contributed by atoms with van der Waals surface area (Å²) in [7, 11) is 0. The number of aliphatic carboxylic acids is 1. The van der Waals surface area contributed by atoms with Crippen LogP contribution in [0.3, 0.4) is 0 Å². The molecule has 0 aliphatic carbocycles. The summed E-state index contributed by atoms with van der Waals surface area (Å²) in [6.45, 7) is 0. The van der Waals surface area contributed by atoms with Gasteiger partial charge in [-0.25, -0.2) is 0 Å². The number of aromatic nitrogens is 2. The van der Waals surface area contributed by atoms with E-state index < -0.39 is 5.97 Å². The zero-order valence-electron chi connectivity index (χ0n) is 8.01. The number of hydrogen-bond acceptors (Lipinski definition) is 5. The van der Waals surface area contributed by atoms with E-state index in [2.05, 4.69) is 10.2 Å². The van der Waals surface area contributed by atoms with Gasteiger partial charge in [-0.05, 0) is 11.4 Å². The van der Waals surface area contributed by atoms with Gasteiger partial charge in [0.15, 0.2) is 0 Å². The van der Waals surface area contributed by atoms with E-state index in [1.807, 2.05) is 17.5 Å². The van der Waals surface area contributed by atoms with Crippen molar-refractivity contribution < 1.29 is 14.3 Å². The molecule has 0 aliphatic heterocycles. The summed E-state index contributed by atoms with van der Waals surface area (Å²) in [4.78, 5) is 11.2. The summed E-state index contributed by atoms with van der Waals surface area (Å²) in [5.41, 5.74) is 0. The number of carboxylic acid groups (broad SMARTS) is 1. The molecule has 0 saturated carbocycles. The second-order valence-electron chi connectivity index (χ2n) is 2.55. The van der Waals surface area contributed by atoms with Gasteiger partial charge in [0.2, 0.25) is 5.89 Å². The first-order valence-corrected chi connectivity index (χ1v) is 4.72. The summed E-state index contributed by atoms with van der Waals surface area (Å²) in [6, 6.07) is 3.70. The third kappa shape index (κ3) is 3.47. The van der Waals surface area contributed by atoms with Crippen LogP contribution in [0.15, 0.2) is 21.9 Å². The van der Waals surface area contributed by atoms with Crippen molar-refractivity contribution in [3.8, 4) is 10.8 Å². The van der Waals surface area contributed by atoms with E-state index in [1.54, 1.807) is 0 Å². The zero-order valence-corrected chi connectivity index (χ0v) is 11.9. The van der Waals surface area contributed by atoms with Crippen LogP contribution >= 0.6 is 11.3 Å². The summed E-state index contributed by atoms with van der Waals surface area (Å²) in [5, 5.41) is 17.7. The SMILES string of the molecule is O=C(O)Cc1nnc(-c2cccs2)o1.[K]. The molecule has 5 nitrogen and oxygen atoms in total. The third-order valence-electron chi connectivity index (χ3n) is 1.50. The van der Waals surface area contributed by atoms with Crippen molar-refractivity contribution in [2.45, 2.75) is 6.42 Å². The Morgan fingerprint density at radius 2 is 2.33 bits per heavy atom. The van der Waals surface area contributed by atoms with Crippen molar-refractivity contribution >= 4 is 68.7 Å². The van der Waals surface area contributed by atoms with Crippen molar-refractivity contribution in [2.24, 2.45) is 0 Å². The summed E-state index contributed by atoms with van der Waals surface area (Å²) >= 11 is 1.46. The Labute approximate surface area is 132 Å². The van der Waals surface area contributed by atoms with Gasteiger partial charge >= 0.3 is 5.97 Å². The van der Waals surface area contributed by atoms with Gasteiger partial charge in [-0.2, -0.15) is 0 Å². The van der Waals surface area contributed by atoms with Crippen LogP contribution in [0.25, 0.3) is 10.8 Å². The Morgan fingerprint density at radius 3 is 2.93 bits per heavy atom. The van der Waals surface area contributed by atoms with Gasteiger partial charge in [0, 0.05) is 51.4 Å². The molecule has 0 aromatic carbocycles. The summed E-state index contributed by atoms with van der Waals surface area (Å²) in [5.74, 6) is -0.483. The van der Waals surface area contributed by atoms with E-state index >= 15 is 0 Å². The van der Waals surface area contributed by atoms with E-state index in [-0.39, 0.29) is 63.7 Å². The van der Waals surface area contributed by atoms with Crippen LogP contribution < -0.4 is 0 Å². The molecule has 0 aliphatic rings. The van der Waals surface area contributed by atoms with E-state index in [9.17, 15) is 4.79 Å². The van der Waals surface area contributed by atoms with Gasteiger partial charge in [-0.3, -0.25) is 4.79 Å². The average Bonchev–Trinajstić information content (AvgIpc) is 2.69. The van der Waals surface area contributed by atoms with Crippen molar-refractivity contribution in [1.82, 2.24) is 10.2 Å². The molecule has 0 fully saturated rings. The van der Waals surface area contributed by atoms with Gasteiger partial charge < -0.3 is 9.52 Å². The van der Waals surface area contributed by atoms with E-state index in [0.717, 1.165) is 4.88 Å². The number of nitrogens with zero attached hydrogens (tertiary/aromatic N) is 2. The van der Waals surface area contributed by atoms with Crippen LogP contribution in [0.2, 0.25) is 0 Å². The molecule has 2 aromatic heterocycles.